The monoisotopic (exact) mass is 370 g/mol. The van der Waals surface area contributed by atoms with E-state index in [1.165, 1.54) is 17.6 Å². The number of carbonyl (C=O) groups is 2. The van der Waals surface area contributed by atoms with Crippen LogP contribution in [0.25, 0.3) is 11.0 Å². The standard InChI is InChI=1S/C19H19FN4O3/c1-24-16-5-3-2-4-15(16)22-17(24)10-14(19(26)23-27)18(25)21-11-12-6-8-13(20)9-7-12/h2-9,14,27H,10-11H2,1H3,(H,21,25)(H,23,26). The highest BCUT2D eigenvalue weighted by atomic mass is 19.1. The second-order valence-corrected chi connectivity index (χ2v) is 6.15. The molecule has 0 bridgehead atoms. The fourth-order valence-electron chi connectivity index (χ4n) is 2.86. The smallest absolute Gasteiger partial charge is 0.256 e. The van der Waals surface area contributed by atoms with Gasteiger partial charge in [0.2, 0.25) is 5.91 Å². The molecule has 0 fully saturated rings. The molecule has 0 saturated carbocycles. The van der Waals surface area contributed by atoms with Gasteiger partial charge >= 0.3 is 0 Å². The molecule has 0 aliphatic heterocycles. The summed E-state index contributed by atoms with van der Waals surface area (Å²) in [7, 11) is 1.80. The maximum atomic E-state index is 13.0. The molecule has 1 aromatic heterocycles. The lowest BCUT2D eigenvalue weighted by atomic mass is 10.0. The Kier molecular flexibility index (Phi) is 5.46. The van der Waals surface area contributed by atoms with Crippen molar-refractivity contribution >= 4 is 22.8 Å². The molecule has 140 valence electrons. The molecule has 0 aliphatic rings. The van der Waals surface area contributed by atoms with Crippen molar-refractivity contribution in [1.82, 2.24) is 20.3 Å². The Balaban J connectivity index is 1.76. The maximum Gasteiger partial charge on any atom is 0.256 e. The van der Waals surface area contributed by atoms with Crippen LogP contribution < -0.4 is 10.8 Å². The van der Waals surface area contributed by atoms with E-state index in [0.29, 0.717) is 11.4 Å². The van der Waals surface area contributed by atoms with Gasteiger partial charge in [0.05, 0.1) is 11.0 Å². The highest BCUT2D eigenvalue weighted by Crippen LogP contribution is 2.17. The highest BCUT2D eigenvalue weighted by molar-refractivity contribution is 6.00. The second kappa shape index (κ2) is 7.96. The summed E-state index contributed by atoms with van der Waals surface area (Å²) in [6.07, 6.45) is 0.0207. The van der Waals surface area contributed by atoms with Crippen molar-refractivity contribution < 1.29 is 19.2 Å². The molecule has 0 spiro atoms. The molecule has 0 radical (unpaired) electrons. The minimum atomic E-state index is -1.16. The molecule has 1 unspecified atom stereocenters. The number of halogens is 1. The quantitative estimate of drug-likeness (QED) is 0.350. The first kappa shape index (κ1) is 18.5. The van der Waals surface area contributed by atoms with Gasteiger partial charge in [-0.3, -0.25) is 14.8 Å². The van der Waals surface area contributed by atoms with Crippen LogP contribution >= 0.6 is 0 Å². The Labute approximate surface area is 154 Å². The number of hydrogen-bond donors (Lipinski definition) is 3. The van der Waals surface area contributed by atoms with Crippen LogP contribution in [0, 0.1) is 11.7 Å². The molecular weight excluding hydrogens is 351 g/mol. The molecule has 3 N–H and O–H groups in total. The van der Waals surface area contributed by atoms with Crippen LogP contribution in [0.5, 0.6) is 0 Å². The molecule has 0 saturated heterocycles. The van der Waals surface area contributed by atoms with Crippen molar-refractivity contribution in [3.63, 3.8) is 0 Å². The zero-order chi connectivity index (χ0) is 19.4. The third-order valence-corrected chi connectivity index (χ3v) is 4.39. The summed E-state index contributed by atoms with van der Waals surface area (Å²) in [5, 5.41) is 11.6. The van der Waals surface area contributed by atoms with Crippen molar-refractivity contribution in [2.24, 2.45) is 13.0 Å². The van der Waals surface area contributed by atoms with E-state index in [2.05, 4.69) is 10.3 Å². The molecule has 7 nitrogen and oxygen atoms in total. The number of imidazole rings is 1. The second-order valence-electron chi connectivity index (χ2n) is 6.15. The van der Waals surface area contributed by atoms with Crippen LogP contribution in [0.2, 0.25) is 0 Å². The Morgan fingerprint density at radius 1 is 1.15 bits per heavy atom. The van der Waals surface area contributed by atoms with E-state index < -0.39 is 17.7 Å². The molecular formula is C19H19FN4O3. The van der Waals surface area contributed by atoms with Gasteiger partial charge in [-0.2, -0.15) is 0 Å². The molecule has 8 heteroatoms. The normalized spacial score (nSPS) is 12.0. The minimum absolute atomic E-state index is 0.0207. The van der Waals surface area contributed by atoms with Gasteiger partial charge in [0.25, 0.3) is 5.91 Å². The number of hydroxylamine groups is 1. The number of aromatic nitrogens is 2. The topological polar surface area (TPSA) is 96.3 Å². The third-order valence-electron chi connectivity index (χ3n) is 4.39. The first-order valence-electron chi connectivity index (χ1n) is 8.36. The van der Waals surface area contributed by atoms with Crippen molar-refractivity contribution in [3.8, 4) is 0 Å². The predicted octanol–water partition coefficient (Wildman–Crippen LogP) is 1.69. The number of nitrogens with one attached hydrogen (secondary N) is 2. The van der Waals surface area contributed by atoms with Crippen LogP contribution in [0.4, 0.5) is 4.39 Å². The molecule has 27 heavy (non-hydrogen) atoms. The average Bonchev–Trinajstić information content (AvgIpc) is 3.00. The summed E-state index contributed by atoms with van der Waals surface area (Å²) < 4.78 is 14.8. The van der Waals surface area contributed by atoms with Gasteiger partial charge in [-0.25, -0.2) is 14.9 Å². The zero-order valence-electron chi connectivity index (χ0n) is 14.6. The third kappa shape index (κ3) is 4.12. The summed E-state index contributed by atoms with van der Waals surface area (Å²) in [6, 6.07) is 13.1. The van der Waals surface area contributed by atoms with E-state index in [9.17, 15) is 14.0 Å². The number of hydrogen-bond acceptors (Lipinski definition) is 4. The summed E-state index contributed by atoms with van der Waals surface area (Å²) in [6.45, 7) is 0.136. The largest absolute Gasteiger partial charge is 0.351 e. The van der Waals surface area contributed by atoms with Gasteiger partial charge in [-0.05, 0) is 29.8 Å². The number of aryl methyl sites for hydroxylation is 1. The lowest BCUT2D eigenvalue weighted by molar-refractivity contribution is -0.140. The number of amides is 2. The Morgan fingerprint density at radius 2 is 1.85 bits per heavy atom. The molecule has 0 aliphatic carbocycles. The van der Waals surface area contributed by atoms with Crippen LogP contribution in [0.15, 0.2) is 48.5 Å². The van der Waals surface area contributed by atoms with E-state index in [-0.39, 0.29) is 18.8 Å². The number of para-hydroxylation sites is 2. The van der Waals surface area contributed by atoms with Crippen molar-refractivity contribution in [3.05, 3.63) is 65.7 Å². The molecule has 1 atom stereocenters. The van der Waals surface area contributed by atoms with Crippen molar-refractivity contribution in [2.75, 3.05) is 0 Å². The lowest BCUT2D eigenvalue weighted by Crippen LogP contribution is -2.41. The fraction of sp³-hybridized carbons (Fsp3) is 0.211. The summed E-state index contributed by atoms with van der Waals surface area (Å²) in [5.74, 6) is -2.37. The molecule has 2 aromatic carbocycles. The van der Waals surface area contributed by atoms with Gasteiger partial charge in [0.1, 0.15) is 17.6 Å². The van der Waals surface area contributed by atoms with Crippen LogP contribution in [-0.4, -0.2) is 26.6 Å². The molecule has 2 amide bonds. The summed E-state index contributed by atoms with van der Waals surface area (Å²) >= 11 is 0. The first-order chi connectivity index (χ1) is 13.0. The average molecular weight is 370 g/mol. The molecule has 1 heterocycles. The van der Waals surface area contributed by atoms with E-state index in [4.69, 9.17) is 5.21 Å². The summed E-state index contributed by atoms with van der Waals surface area (Å²) in [5.41, 5.74) is 3.86. The van der Waals surface area contributed by atoms with Gasteiger partial charge in [-0.1, -0.05) is 24.3 Å². The van der Waals surface area contributed by atoms with Gasteiger partial charge in [0.15, 0.2) is 0 Å². The molecule has 3 aromatic rings. The van der Waals surface area contributed by atoms with E-state index >= 15 is 0 Å². The van der Waals surface area contributed by atoms with Crippen LogP contribution in [-0.2, 0) is 29.6 Å². The SMILES string of the molecule is Cn1c(CC(C(=O)NO)C(=O)NCc2ccc(F)cc2)nc2ccccc21. The van der Waals surface area contributed by atoms with Crippen LogP contribution in [0.1, 0.15) is 11.4 Å². The Hall–Kier alpha value is -3.26. The van der Waals surface area contributed by atoms with E-state index in [1.54, 1.807) is 23.7 Å². The number of nitrogens with zero attached hydrogens (tertiary/aromatic N) is 2. The van der Waals surface area contributed by atoms with Gasteiger partial charge in [0, 0.05) is 20.0 Å². The molecule has 3 rings (SSSR count). The number of carbonyl (C=O) groups excluding carboxylic acids is 2. The van der Waals surface area contributed by atoms with E-state index in [1.807, 2.05) is 24.3 Å². The van der Waals surface area contributed by atoms with Crippen LogP contribution in [0.3, 0.4) is 0 Å². The van der Waals surface area contributed by atoms with Gasteiger partial charge < -0.3 is 9.88 Å². The number of benzene rings is 2. The van der Waals surface area contributed by atoms with Crippen molar-refractivity contribution in [1.29, 1.82) is 0 Å². The lowest BCUT2D eigenvalue weighted by Gasteiger charge is -2.15. The fourth-order valence-corrected chi connectivity index (χ4v) is 2.86. The predicted molar refractivity (Wildman–Crippen MR) is 96.1 cm³/mol. The first-order valence-corrected chi connectivity index (χ1v) is 8.36. The highest BCUT2D eigenvalue weighted by Gasteiger charge is 2.28. The minimum Gasteiger partial charge on any atom is -0.351 e. The van der Waals surface area contributed by atoms with Gasteiger partial charge in [-0.15, -0.1) is 0 Å². The Morgan fingerprint density at radius 3 is 2.52 bits per heavy atom. The number of rotatable bonds is 6. The van der Waals surface area contributed by atoms with Crippen molar-refractivity contribution in [2.45, 2.75) is 13.0 Å². The Bertz CT molecular complexity index is 969. The van der Waals surface area contributed by atoms with E-state index in [0.717, 1.165) is 11.0 Å². The number of fused-ring (bicyclic) bond motifs is 1. The summed E-state index contributed by atoms with van der Waals surface area (Å²) in [4.78, 5) is 29.0. The zero-order valence-corrected chi connectivity index (χ0v) is 14.6. The maximum absolute atomic E-state index is 13.0.